The van der Waals surface area contributed by atoms with Crippen LogP contribution in [0.15, 0.2) is 14.1 Å². The van der Waals surface area contributed by atoms with Gasteiger partial charge >= 0.3 is 5.97 Å². The van der Waals surface area contributed by atoms with Gasteiger partial charge in [-0.1, -0.05) is 18.5 Å². The number of sulfonamides is 1. The number of carbonyl (C=O) groups is 1. The fraction of sp³-hybridized carbons (Fsp3) is 0.444. The van der Waals surface area contributed by atoms with E-state index in [1.807, 2.05) is 0 Å². The maximum atomic E-state index is 12.0. The Morgan fingerprint density at radius 3 is 2.56 bits per heavy atom. The van der Waals surface area contributed by atoms with Crippen LogP contribution in [0.2, 0.25) is 5.02 Å². The molecule has 0 saturated heterocycles. The van der Waals surface area contributed by atoms with Gasteiger partial charge in [-0.05, 0) is 35.3 Å². The van der Waals surface area contributed by atoms with E-state index in [-0.39, 0.29) is 15.7 Å². The largest absolute Gasteiger partial charge is 0.480 e. The number of thiophene rings is 1. The Bertz CT molecular complexity index is 552. The highest BCUT2D eigenvalue weighted by atomic mass is 79.9. The number of rotatable bonds is 5. The zero-order valence-corrected chi connectivity index (χ0v) is 13.5. The minimum atomic E-state index is -3.90. The van der Waals surface area contributed by atoms with Crippen molar-refractivity contribution < 1.29 is 18.3 Å². The monoisotopic (exact) mass is 375 g/mol. The molecule has 0 aliphatic rings. The van der Waals surface area contributed by atoms with Gasteiger partial charge in [-0.15, -0.1) is 11.3 Å². The third-order valence-electron chi connectivity index (χ3n) is 2.43. The molecule has 0 aromatic carbocycles. The molecule has 0 fully saturated rings. The maximum Gasteiger partial charge on any atom is 0.324 e. The smallest absolute Gasteiger partial charge is 0.324 e. The van der Waals surface area contributed by atoms with Crippen molar-refractivity contribution in [1.29, 1.82) is 0 Å². The molecular formula is C9H11BrClNO4S2. The molecule has 18 heavy (non-hydrogen) atoms. The van der Waals surface area contributed by atoms with Crippen molar-refractivity contribution in [2.45, 2.75) is 30.0 Å². The lowest BCUT2D eigenvalue weighted by atomic mass is 10.0. The zero-order valence-electron chi connectivity index (χ0n) is 9.53. The first-order chi connectivity index (χ1) is 8.12. The SMILES string of the molecule is CCC(C)(NS(=O)(=O)c1cc(Cl)c(Br)s1)C(=O)O. The number of nitrogens with one attached hydrogen (secondary N) is 1. The van der Waals surface area contributed by atoms with Crippen molar-refractivity contribution in [2.24, 2.45) is 0 Å². The van der Waals surface area contributed by atoms with Crippen LogP contribution in [0.5, 0.6) is 0 Å². The molecule has 0 aliphatic heterocycles. The van der Waals surface area contributed by atoms with E-state index in [0.717, 1.165) is 11.3 Å². The van der Waals surface area contributed by atoms with Gasteiger partial charge in [0.15, 0.2) is 0 Å². The van der Waals surface area contributed by atoms with Gasteiger partial charge in [-0.3, -0.25) is 4.79 Å². The molecule has 2 N–H and O–H groups in total. The molecule has 0 bridgehead atoms. The van der Waals surface area contributed by atoms with Gasteiger partial charge in [0.05, 0.1) is 8.81 Å². The van der Waals surface area contributed by atoms with Crippen LogP contribution < -0.4 is 4.72 Å². The average Bonchev–Trinajstić information content (AvgIpc) is 2.59. The van der Waals surface area contributed by atoms with E-state index in [9.17, 15) is 13.2 Å². The summed E-state index contributed by atoms with van der Waals surface area (Å²) in [6, 6.07) is 1.27. The van der Waals surface area contributed by atoms with E-state index in [4.69, 9.17) is 16.7 Å². The molecule has 1 unspecified atom stereocenters. The Hall–Kier alpha value is -0.150. The van der Waals surface area contributed by atoms with Gasteiger partial charge in [-0.25, -0.2) is 8.42 Å². The Kier molecular flexibility index (Phi) is 4.82. The highest BCUT2D eigenvalue weighted by molar-refractivity contribution is 9.11. The Morgan fingerprint density at radius 1 is 1.67 bits per heavy atom. The standard InChI is InChI=1S/C9H11BrClNO4S2/c1-3-9(2,8(13)14)12-18(15,16)6-4-5(11)7(10)17-6/h4,12H,3H2,1-2H3,(H,13,14). The predicted molar refractivity (Wildman–Crippen MR) is 73.7 cm³/mol. The fourth-order valence-electron chi connectivity index (χ4n) is 1.07. The van der Waals surface area contributed by atoms with Gasteiger partial charge in [0, 0.05) is 0 Å². The van der Waals surface area contributed by atoms with Gasteiger partial charge in [0.1, 0.15) is 9.75 Å². The summed E-state index contributed by atoms with van der Waals surface area (Å²) in [7, 11) is -3.90. The molecular weight excluding hydrogens is 366 g/mol. The van der Waals surface area contributed by atoms with E-state index >= 15 is 0 Å². The number of halogens is 2. The third kappa shape index (κ3) is 3.24. The molecule has 1 aromatic rings. The minimum Gasteiger partial charge on any atom is -0.480 e. The Labute approximate surface area is 122 Å². The molecule has 1 rings (SSSR count). The molecule has 0 spiro atoms. The van der Waals surface area contributed by atoms with Crippen molar-refractivity contribution in [2.75, 3.05) is 0 Å². The lowest BCUT2D eigenvalue weighted by Gasteiger charge is -2.23. The normalized spacial score (nSPS) is 15.3. The number of carboxylic acid groups (broad SMARTS) is 1. The number of hydrogen-bond donors (Lipinski definition) is 2. The molecule has 0 saturated carbocycles. The van der Waals surface area contributed by atoms with Crippen molar-refractivity contribution in [3.63, 3.8) is 0 Å². The first-order valence-corrected chi connectivity index (χ1v) is 8.31. The molecule has 102 valence electrons. The zero-order chi connectivity index (χ0) is 14.1. The summed E-state index contributed by atoms with van der Waals surface area (Å²) in [6.07, 6.45) is 0.127. The molecule has 1 atom stereocenters. The number of carboxylic acids is 1. The molecule has 0 aliphatic carbocycles. The first kappa shape index (κ1) is 15.9. The number of aliphatic carboxylic acids is 1. The van der Waals surface area contributed by atoms with Crippen LogP contribution >= 0.6 is 38.9 Å². The fourth-order valence-corrected chi connectivity index (χ4v) is 4.91. The molecule has 5 nitrogen and oxygen atoms in total. The van der Waals surface area contributed by atoms with Gasteiger partial charge in [-0.2, -0.15) is 4.72 Å². The second-order valence-corrected chi connectivity index (χ2v) is 8.47. The van der Waals surface area contributed by atoms with Crippen molar-refractivity contribution in [1.82, 2.24) is 4.72 Å². The van der Waals surface area contributed by atoms with Crippen LogP contribution in [0.3, 0.4) is 0 Å². The van der Waals surface area contributed by atoms with E-state index in [1.54, 1.807) is 6.92 Å². The van der Waals surface area contributed by atoms with Crippen molar-refractivity contribution >= 4 is 54.9 Å². The first-order valence-electron chi connectivity index (χ1n) is 4.84. The van der Waals surface area contributed by atoms with E-state index in [2.05, 4.69) is 20.7 Å². The van der Waals surface area contributed by atoms with Gasteiger partial charge in [0.2, 0.25) is 0 Å². The second-order valence-electron chi connectivity index (χ2n) is 3.78. The molecule has 1 aromatic heterocycles. The summed E-state index contributed by atoms with van der Waals surface area (Å²) in [6.45, 7) is 2.91. The van der Waals surface area contributed by atoms with E-state index < -0.39 is 21.5 Å². The summed E-state index contributed by atoms with van der Waals surface area (Å²) in [5.74, 6) is -1.23. The second kappa shape index (κ2) is 5.46. The van der Waals surface area contributed by atoms with Crippen LogP contribution in [0, 0.1) is 0 Å². The van der Waals surface area contributed by atoms with Crippen LogP contribution in [-0.4, -0.2) is 25.0 Å². The topological polar surface area (TPSA) is 83.5 Å². The summed E-state index contributed by atoms with van der Waals surface area (Å²) >= 11 is 9.80. The highest BCUT2D eigenvalue weighted by Gasteiger charge is 2.36. The summed E-state index contributed by atoms with van der Waals surface area (Å²) in [5, 5.41) is 9.32. The van der Waals surface area contributed by atoms with Crippen LogP contribution in [0.25, 0.3) is 0 Å². The Balaban J connectivity index is 3.13. The summed E-state index contributed by atoms with van der Waals surface area (Å²) in [5.41, 5.74) is -1.54. The average molecular weight is 377 g/mol. The molecule has 9 heteroatoms. The molecule has 0 radical (unpaired) electrons. The predicted octanol–water partition coefficient (Wildman–Crippen LogP) is 2.70. The summed E-state index contributed by atoms with van der Waals surface area (Å²) in [4.78, 5) is 11.1. The summed E-state index contributed by atoms with van der Waals surface area (Å²) < 4.78 is 26.7. The lowest BCUT2D eigenvalue weighted by molar-refractivity contribution is -0.143. The van der Waals surface area contributed by atoms with Crippen molar-refractivity contribution in [3.8, 4) is 0 Å². The van der Waals surface area contributed by atoms with Crippen LogP contribution in [0.4, 0.5) is 0 Å². The third-order valence-corrected chi connectivity index (χ3v) is 6.97. The van der Waals surface area contributed by atoms with E-state index in [0.29, 0.717) is 3.79 Å². The highest BCUT2D eigenvalue weighted by Crippen LogP contribution is 2.35. The lowest BCUT2D eigenvalue weighted by Crippen LogP contribution is -2.51. The molecule has 1 heterocycles. The number of hydrogen-bond acceptors (Lipinski definition) is 4. The van der Waals surface area contributed by atoms with Crippen molar-refractivity contribution in [3.05, 3.63) is 14.9 Å². The van der Waals surface area contributed by atoms with E-state index in [1.165, 1.54) is 13.0 Å². The van der Waals surface area contributed by atoms with Crippen LogP contribution in [0.1, 0.15) is 20.3 Å². The van der Waals surface area contributed by atoms with Gasteiger partial charge in [0.25, 0.3) is 10.0 Å². The van der Waals surface area contributed by atoms with Crippen LogP contribution in [-0.2, 0) is 14.8 Å². The Morgan fingerprint density at radius 2 is 2.22 bits per heavy atom. The maximum absolute atomic E-state index is 12.0. The molecule has 0 amide bonds. The quantitative estimate of drug-likeness (QED) is 0.827. The minimum absolute atomic E-state index is 0.0275. The van der Waals surface area contributed by atoms with Gasteiger partial charge < -0.3 is 5.11 Å².